The van der Waals surface area contributed by atoms with Gasteiger partial charge in [0.15, 0.2) is 0 Å². The van der Waals surface area contributed by atoms with Gasteiger partial charge in [-0.1, -0.05) is 18.2 Å². The fraction of sp³-hybridized carbons (Fsp3) is 0.273. The van der Waals surface area contributed by atoms with Crippen LogP contribution < -0.4 is 15.1 Å². The Labute approximate surface area is 170 Å². The number of aromatic nitrogens is 3. The normalized spacial score (nSPS) is 14.0. The molecule has 1 N–H and O–H groups in total. The van der Waals surface area contributed by atoms with E-state index in [9.17, 15) is 4.79 Å². The van der Waals surface area contributed by atoms with Gasteiger partial charge in [-0.2, -0.15) is 0 Å². The van der Waals surface area contributed by atoms with Crippen molar-refractivity contribution in [3.8, 4) is 0 Å². The molecule has 7 nitrogen and oxygen atoms in total. The maximum atomic E-state index is 12.8. The van der Waals surface area contributed by atoms with E-state index in [0.717, 1.165) is 54.8 Å². The molecule has 0 atom stereocenters. The van der Waals surface area contributed by atoms with Gasteiger partial charge in [0.1, 0.15) is 5.82 Å². The summed E-state index contributed by atoms with van der Waals surface area (Å²) in [6.07, 6.45) is 5.21. The minimum atomic E-state index is -0.123. The monoisotopic (exact) mass is 388 g/mol. The molecule has 2 aromatic heterocycles. The van der Waals surface area contributed by atoms with Crippen LogP contribution in [0, 0.1) is 13.8 Å². The third-order valence-electron chi connectivity index (χ3n) is 5.17. The first kappa shape index (κ1) is 18.9. The molecule has 0 spiro atoms. The van der Waals surface area contributed by atoms with Gasteiger partial charge in [-0.25, -0.2) is 15.0 Å². The van der Waals surface area contributed by atoms with Crippen LogP contribution in [0.1, 0.15) is 21.5 Å². The summed E-state index contributed by atoms with van der Waals surface area (Å²) < 4.78 is 0. The SMILES string of the molecule is Cc1cccc(C)c1NC(=O)c1ccnc(N2CCN(c3ncccn3)CC2)c1. The fourth-order valence-corrected chi connectivity index (χ4v) is 3.52. The van der Waals surface area contributed by atoms with Crippen molar-refractivity contribution in [2.45, 2.75) is 13.8 Å². The van der Waals surface area contributed by atoms with Crippen LogP contribution in [0.2, 0.25) is 0 Å². The quantitative estimate of drug-likeness (QED) is 0.740. The smallest absolute Gasteiger partial charge is 0.255 e. The second-order valence-electron chi connectivity index (χ2n) is 7.15. The van der Waals surface area contributed by atoms with Crippen LogP contribution in [0.4, 0.5) is 17.5 Å². The number of aryl methyl sites for hydroxylation is 2. The van der Waals surface area contributed by atoms with Crippen molar-refractivity contribution in [1.29, 1.82) is 0 Å². The molecule has 1 aromatic carbocycles. The van der Waals surface area contributed by atoms with Crippen molar-refractivity contribution in [3.63, 3.8) is 0 Å². The Hall–Kier alpha value is -3.48. The minimum Gasteiger partial charge on any atom is -0.353 e. The van der Waals surface area contributed by atoms with Crippen molar-refractivity contribution in [2.24, 2.45) is 0 Å². The topological polar surface area (TPSA) is 74.2 Å². The molecule has 1 fully saturated rings. The average molecular weight is 388 g/mol. The van der Waals surface area contributed by atoms with E-state index in [0.29, 0.717) is 5.56 Å². The van der Waals surface area contributed by atoms with E-state index in [1.807, 2.05) is 44.2 Å². The molecule has 3 aromatic rings. The molecule has 29 heavy (non-hydrogen) atoms. The lowest BCUT2D eigenvalue weighted by Crippen LogP contribution is -2.47. The Morgan fingerprint density at radius 2 is 1.52 bits per heavy atom. The zero-order chi connectivity index (χ0) is 20.2. The lowest BCUT2D eigenvalue weighted by atomic mass is 10.1. The Bertz CT molecular complexity index is 979. The molecule has 0 unspecified atom stereocenters. The lowest BCUT2D eigenvalue weighted by molar-refractivity contribution is 0.102. The van der Waals surface area contributed by atoms with Crippen LogP contribution in [0.5, 0.6) is 0 Å². The Balaban J connectivity index is 1.44. The largest absolute Gasteiger partial charge is 0.353 e. The first-order valence-electron chi connectivity index (χ1n) is 9.72. The number of carbonyl (C=O) groups is 1. The summed E-state index contributed by atoms with van der Waals surface area (Å²) in [5.41, 5.74) is 3.57. The number of amides is 1. The molecule has 0 saturated carbocycles. The third kappa shape index (κ3) is 4.18. The number of carbonyl (C=O) groups excluding carboxylic acids is 1. The predicted octanol–water partition coefficient (Wildman–Crippen LogP) is 3.07. The molecule has 0 aliphatic carbocycles. The summed E-state index contributed by atoms with van der Waals surface area (Å²) in [5.74, 6) is 1.44. The van der Waals surface area contributed by atoms with Gasteiger partial charge < -0.3 is 15.1 Å². The summed E-state index contributed by atoms with van der Waals surface area (Å²) in [6.45, 7) is 7.21. The second-order valence-corrected chi connectivity index (χ2v) is 7.15. The van der Waals surface area contributed by atoms with Crippen molar-refractivity contribution >= 4 is 23.4 Å². The molecule has 7 heteroatoms. The number of hydrogen-bond acceptors (Lipinski definition) is 6. The van der Waals surface area contributed by atoms with Gasteiger partial charge in [0.2, 0.25) is 5.95 Å². The second kappa shape index (κ2) is 8.26. The highest BCUT2D eigenvalue weighted by Crippen LogP contribution is 2.22. The van der Waals surface area contributed by atoms with Crippen LogP contribution in [0.25, 0.3) is 0 Å². The number of rotatable bonds is 4. The molecule has 1 saturated heterocycles. The maximum Gasteiger partial charge on any atom is 0.255 e. The Morgan fingerprint density at radius 3 is 2.21 bits per heavy atom. The average Bonchev–Trinajstić information content (AvgIpc) is 2.77. The molecule has 0 bridgehead atoms. The molecule has 148 valence electrons. The van der Waals surface area contributed by atoms with E-state index in [2.05, 4.69) is 30.1 Å². The van der Waals surface area contributed by atoms with Gasteiger partial charge >= 0.3 is 0 Å². The Morgan fingerprint density at radius 1 is 0.862 bits per heavy atom. The number of para-hydroxylation sites is 1. The number of pyridine rings is 1. The number of nitrogens with zero attached hydrogens (tertiary/aromatic N) is 5. The molecule has 1 aliphatic rings. The first-order valence-corrected chi connectivity index (χ1v) is 9.72. The standard InChI is InChI=1S/C22H24N6O/c1-16-5-3-6-17(2)20(16)26-21(29)18-7-10-23-19(15-18)27-11-13-28(14-12-27)22-24-8-4-9-25-22/h3-10,15H,11-14H2,1-2H3,(H,26,29). The first-order chi connectivity index (χ1) is 14.1. The van der Waals surface area contributed by atoms with Gasteiger partial charge in [0.25, 0.3) is 5.91 Å². The van der Waals surface area contributed by atoms with Gasteiger partial charge in [-0.15, -0.1) is 0 Å². The highest BCUT2D eigenvalue weighted by atomic mass is 16.1. The molecule has 0 radical (unpaired) electrons. The van der Waals surface area contributed by atoms with Crippen LogP contribution in [-0.2, 0) is 0 Å². The van der Waals surface area contributed by atoms with E-state index >= 15 is 0 Å². The summed E-state index contributed by atoms with van der Waals surface area (Å²) in [6, 6.07) is 11.4. The number of nitrogens with one attached hydrogen (secondary N) is 1. The van der Waals surface area contributed by atoms with E-state index < -0.39 is 0 Å². The van der Waals surface area contributed by atoms with Gasteiger partial charge in [0, 0.05) is 56.0 Å². The third-order valence-corrected chi connectivity index (χ3v) is 5.17. The van der Waals surface area contributed by atoms with Crippen LogP contribution >= 0.6 is 0 Å². The zero-order valence-electron chi connectivity index (χ0n) is 16.7. The Kier molecular flexibility index (Phi) is 5.37. The zero-order valence-corrected chi connectivity index (χ0v) is 16.7. The lowest BCUT2D eigenvalue weighted by Gasteiger charge is -2.35. The molecule has 1 amide bonds. The van der Waals surface area contributed by atoms with Crippen LogP contribution in [0.15, 0.2) is 55.0 Å². The summed E-state index contributed by atoms with van der Waals surface area (Å²) in [4.78, 5) is 30.3. The maximum absolute atomic E-state index is 12.8. The fourth-order valence-electron chi connectivity index (χ4n) is 3.52. The van der Waals surface area contributed by atoms with Crippen molar-refractivity contribution in [1.82, 2.24) is 15.0 Å². The van der Waals surface area contributed by atoms with Gasteiger partial charge in [-0.3, -0.25) is 4.79 Å². The molecule has 3 heterocycles. The predicted molar refractivity (Wildman–Crippen MR) is 115 cm³/mol. The van der Waals surface area contributed by atoms with Crippen molar-refractivity contribution < 1.29 is 4.79 Å². The van der Waals surface area contributed by atoms with Gasteiger partial charge in [0.05, 0.1) is 0 Å². The summed E-state index contributed by atoms with van der Waals surface area (Å²) >= 11 is 0. The van der Waals surface area contributed by atoms with E-state index in [4.69, 9.17) is 0 Å². The van der Waals surface area contributed by atoms with Gasteiger partial charge in [-0.05, 0) is 43.2 Å². The number of hydrogen-bond donors (Lipinski definition) is 1. The minimum absolute atomic E-state index is 0.123. The number of piperazine rings is 1. The summed E-state index contributed by atoms with van der Waals surface area (Å²) in [7, 11) is 0. The van der Waals surface area contributed by atoms with Crippen LogP contribution in [-0.4, -0.2) is 47.0 Å². The van der Waals surface area contributed by atoms with Crippen molar-refractivity contribution in [3.05, 3.63) is 71.7 Å². The number of anilines is 3. The van der Waals surface area contributed by atoms with E-state index in [-0.39, 0.29) is 5.91 Å². The van der Waals surface area contributed by atoms with Crippen molar-refractivity contribution in [2.75, 3.05) is 41.3 Å². The van der Waals surface area contributed by atoms with Crippen LogP contribution in [0.3, 0.4) is 0 Å². The molecular formula is C22H24N6O. The highest BCUT2D eigenvalue weighted by molar-refractivity contribution is 6.05. The van der Waals surface area contributed by atoms with E-state index in [1.165, 1.54) is 0 Å². The number of benzene rings is 1. The molecule has 4 rings (SSSR count). The highest BCUT2D eigenvalue weighted by Gasteiger charge is 2.20. The summed E-state index contributed by atoms with van der Waals surface area (Å²) in [5, 5.41) is 3.04. The molecule has 1 aliphatic heterocycles. The molecular weight excluding hydrogens is 364 g/mol. The van der Waals surface area contributed by atoms with E-state index in [1.54, 1.807) is 24.7 Å².